The molecule has 0 aliphatic rings. The second kappa shape index (κ2) is 9.38. The Labute approximate surface area is 146 Å². The van der Waals surface area contributed by atoms with Gasteiger partial charge in [0.15, 0.2) is 8.32 Å². The van der Waals surface area contributed by atoms with Crippen molar-refractivity contribution in [2.75, 3.05) is 6.61 Å². The van der Waals surface area contributed by atoms with Crippen LogP contribution in [0.2, 0.25) is 36.3 Å². The molecule has 0 saturated heterocycles. The Morgan fingerprint density at radius 3 is 1.65 bits per heavy atom. The van der Waals surface area contributed by atoms with Crippen LogP contribution < -0.4 is 0 Å². The van der Waals surface area contributed by atoms with Gasteiger partial charge in [-0.25, -0.2) is 0 Å². The Morgan fingerprint density at radius 1 is 0.870 bits per heavy atom. The first-order chi connectivity index (χ1) is 10.3. The number of rotatable bonds is 8. The molecule has 0 aliphatic heterocycles. The molecule has 2 N–H and O–H groups in total. The first-order valence-corrected chi connectivity index (χ1v) is 14.5. The van der Waals surface area contributed by atoms with Crippen molar-refractivity contribution in [1.29, 1.82) is 0 Å². The molecule has 0 bridgehead atoms. The van der Waals surface area contributed by atoms with Crippen LogP contribution >= 0.6 is 0 Å². The third kappa shape index (κ3) is 7.10. The smallest absolute Gasteiger partial charge is 0.200 e. The molecule has 0 aliphatic carbocycles. The predicted octanol–water partition coefficient (Wildman–Crippen LogP) is 4.17. The van der Waals surface area contributed by atoms with Gasteiger partial charge in [0, 0.05) is 6.61 Å². The van der Waals surface area contributed by atoms with E-state index in [1.807, 2.05) is 0 Å². The largest absolute Gasteiger partial charge is 0.416 e. The molecule has 0 saturated carbocycles. The van der Waals surface area contributed by atoms with Gasteiger partial charge >= 0.3 is 0 Å². The average Bonchev–Trinajstić information content (AvgIpc) is 2.38. The highest BCUT2D eigenvalue weighted by atomic mass is 28.4. The van der Waals surface area contributed by atoms with Gasteiger partial charge in [-0.3, -0.25) is 0 Å². The number of aliphatic hydroxyl groups is 2. The van der Waals surface area contributed by atoms with Crippen molar-refractivity contribution in [2.24, 2.45) is 0 Å². The maximum Gasteiger partial charge on any atom is 0.200 e. The summed E-state index contributed by atoms with van der Waals surface area (Å²) in [6, 6.07) is 0. The SMILES string of the molecule is CC(C)[Si](OCCC(O)C(O)C#C[Si](C)(C)C)(C(C)C)C(C)C. The van der Waals surface area contributed by atoms with Gasteiger partial charge in [-0.15, -0.1) is 5.54 Å². The minimum absolute atomic E-state index is 0.433. The monoisotopic (exact) mass is 358 g/mol. The molecule has 2 atom stereocenters. The Kier molecular flexibility index (Phi) is 9.33. The highest BCUT2D eigenvalue weighted by molar-refractivity contribution is 6.83. The summed E-state index contributed by atoms with van der Waals surface area (Å²) in [5.41, 5.74) is 4.68. The molecule has 136 valence electrons. The quantitative estimate of drug-likeness (QED) is 0.506. The van der Waals surface area contributed by atoms with Crippen LogP contribution in [-0.4, -0.2) is 45.4 Å². The Morgan fingerprint density at radius 2 is 1.30 bits per heavy atom. The van der Waals surface area contributed by atoms with Crippen molar-refractivity contribution in [2.45, 2.75) is 96.4 Å². The van der Waals surface area contributed by atoms with Gasteiger partial charge in [0.25, 0.3) is 0 Å². The normalized spacial score (nSPS) is 15.7. The molecule has 5 heteroatoms. The predicted molar refractivity (Wildman–Crippen MR) is 105 cm³/mol. The van der Waals surface area contributed by atoms with Crippen LogP contribution in [0.5, 0.6) is 0 Å². The highest BCUT2D eigenvalue weighted by Gasteiger charge is 2.44. The standard InChI is InChI=1S/C18H38O3Si2/c1-14(2)23(15(3)4,16(5)6)21-12-10-17(19)18(20)11-13-22(7,8)9/h14-20H,10,12H2,1-9H3. The van der Waals surface area contributed by atoms with Gasteiger partial charge in [0.05, 0.1) is 6.10 Å². The summed E-state index contributed by atoms with van der Waals surface area (Å²) in [7, 11) is -3.43. The molecular weight excluding hydrogens is 320 g/mol. The zero-order valence-electron chi connectivity index (χ0n) is 16.6. The van der Waals surface area contributed by atoms with Crippen molar-refractivity contribution < 1.29 is 14.6 Å². The zero-order valence-corrected chi connectivity index (χ0v) is 18.6. The lowest BCUT2D eigenvalue weighted by atomic mass is 10.1. The van der Waals surface area contributed by atoms with E-state index in [-0.39, 0.29) is 0 Å². The van der Waals surface area contributed by atoms with E-state index in [0.717, 1.165) is 0 Å². The molecule has 0 aromatic rings. The maximum absolute atomic E-state index is 10.1. The fourth-order valence-electron chi connectivity index (χ4n) is 3.40. The van der Waals surface area contributed by atoms with Crippen molar-refractivity contribution in [3.05, 3.63) is 0 Å². The van der Waals surface area contributed by atoms with Gasteiger partial charge in [-0.1, -0.05) is 67.1 Å². The number of hydrogen-bond donors (Lipinski definition) is 2. The lowest BCUT2D eigenvalue weighted by Crippen LogP contribution is -2.48. The first kappa shape index (κ1) is 22.9. The summed E-state index contributed by atoms with van der Waals surface area (Å²) in [4.78, 5) is 0. The van der Waals surface area contributed by atoms with Gasteiger partial charge in [-0.2, -0.15) is 0 Å². The molecule has 23 heavy (non-hydrogen) atoms. The third-order valence-electron chi connectivity index (χ3n) is 4.43. The Hall–Kier alpha value is -0.126. The summed E-state index contributed by atoms with van der Waals surface area (Å²) >= 11 is 0. The fraction of sp³-hybridized carbons (Fsp3) is 0.889. The molecule has 0 spiro atoms. The van der Waals surface area contributed by atoms with Crippen LogP contribution in [0.4, 0.5) is 0 Å². The van der Waals surface area contributed by atoms with E-state index in [1.165, 1.54) is 0 Å². The van der Waals surface area contributed by atoms with Crippen molar-refractivity contribution >= 4 is 16.4 Å². The molecule has 0 rings (SSSR count). The van der Waals surface area contributed by atoms with E-state index in [2.05, 4.69) is 72.6 Å². The van der Waals surface area contributed by atoms with E-state index in [4.69, 9.17) is 4.43 Å². The molecule has 3 nitrogen and oxygen atoms in total. The van der Waals surface area contributed by atoms with Crippen molar-refractivity contribution in [3.63, 3.8) is 0 Å². The molecule has 0 heterocycles. The van der Waals surface area contributed by atoms with Gasteiger partial charge < -0.3 is 14.6 Å². The molecule has 0 aromatic heterocycles. The van der Waals surface area contributed by atoms with Crippen LogP contribution in [0.15, 0.2) is 0 Å². The lowest BCUT2D eigenvalue weighted by Gasteiger charge is -2.42. The summed E-state index contributed by atoms with van der Waals surface area (Å²) in [6.07, 6.45) is -1.38. The van der Waals surface area contributed by atoms with Gasteiger partial charge in [-0.05, 0) is 23.0 Å². The van der Waals surface area contributed by atoms with Crippen LogP contribution in [0.25, 0.3) is 0 Å². The average molecular weight is 359 g/mol. The van der Waals surface area contributed by atoms with E-state index in [1.54, 1.807) is 0 Å². The molecular formula is C18H38O3Si2. The first-order valence-electron chi connectivity index (χ1n) is 8.87. The Balaban J connectivity index is 4.74. The van der Waals surface area contributed by atoms with Gasteiger partial charge in [0.1, 0.15) is 14.2 Å². The Bertz CT molecular complexity index is 381. The maximum atomic E-state index is 10.1. The summed E-state index contributed by atoms with van der Waals surface area (Å²) < 4.78 is 6.41. The highest BCUT2D eigenvalue weighted by Crippen LogP contribution is 2.42. The molecule has 0 fully saturated rings. The van der Waals surface area contributed by atoms with E-state index in [9.17, 15) is 10.2 Å². The van der Waals surface area contributed by atoms with Crippen molar-refractivity contribution in [3.8, 4) is 11.5 Å². The zero-order chi connectivity index (χ0) is 18.4. The van der Waals surface area contributed by atoms with Crippen LogP contribution in [0.1, 0.15) is 48.0 Å². The van der Waals surface area contributed by atoms with Crippen LogP contribution in [0.3, 0.4) is 0 Å². The van der Waals surface area contributed by atoms with Crippen LogP contribution in [-0.2, 0) is 4.43 Å². The fourth-order valence-corrected chi connectivity index (χ4v) is 9.45. The minimum atomic E-state index is -1.90. The summed E-state index contributed by atoms with van der Waals surface area (Å²) in [5, 5.41) is 20.1. The third-order valence-corrected chi connectivity index (χ3v) is 11.4. The summed E-state index contributed by atoms with van der Waals surface area (Å²) in [6.45, 7) is 20.3. The van der Waals surface area contributed by atoms with E-state index >= 15 is 0 Å². The van der Waals surface area contributed by atoms with E-state index < -0.39 is 28.6 Å². The minimum Gasteiger partial charge on any atom is -0.416 e. The number of aliphatic hydroxyl groups excluding tert-OH is 2. The van der Waals surface area contributed by atoms with E-state index in [0.29, 0.717) is 29.7 Å². The number of hydrogen-bond acceptors (Lipinski definition) is 3. The molecule has 0 aromatic carbocycles. The molecule has 0 radical (unpaired) electrons. The van der Waals surface area contributed by atoms with Crippen molar-refractivity contribution in [1.82, 2.24) is 0 Å². The molecule has 2 unspecified atom stereocenters. The second-order valence-electron chi connectivity index (χ2n) is 8.49. The summed E-state index contributed by atoms with van der Waals surface area (Å²) in [5.74, 6) is 2.81. The lowest BCUT2D eigenvalue weighted by molar-refractivity contribution is 0.0375. The topological polar surface area (TPSA) is 49.7 Å². The van der Waals surface area contributed by atoms with Crippen LogP contribution in [0, 0.1) is 11.5 Å². The molecule has 0 amide bonds. The second-order valence-corrected chi connectivity index (χ2v) is 18.7. The van der Waals surface area contributed by atoms with Gasteiger partial charge in [0.2, 0.25) is 0 Å².